The van der Waals surface area contributed by atoms with Crippen molar-refractivity contribution in [3.63, 3.8) is 0 Å². The van der Waals surface area contributed by atoms with Crippen LogP contribution in [0.4, 0.5) is 14.6 Å². The quantitative estimate of drug-likeness (QED) is 0.650. The van der Waals surface area contributed by atoms with Crippen molar-refractivity contribution in [1.82, 2.24) is 15.3 Å². The number of nitrogens with one attached hydrogen (secondary N) is 1. The number of nitrogens with zero attached hydrogens (tertiary/aromatic N) is 3. The summed E-state index contributed by atoms with van der Waals surface area (Å²) in [5.74, 6) is -1.19. The zero-order valence-corrected chi connectivity index (χ0v) is 16.6. The monoisotopic (exact) mass is 436 g/mol. The van der Waals surface area contributed by atoms with E-state index in [1.165, 1.54) is 12.4 Å². The maximum atomic E-state index is 14.0. The summed E-state index contributed by atoms with van der Waals surface area (Å²) in [6, 6.07) is 6.90. The van der Waals surface area contributed by atoms with Crippen molar-refractivity contribution in [1.29, 1.82) is 0 Å². The third-order valence-electron chi connectivity index (χ3n) is 4.96. The lowest BCUT2D eigenvalue weighted by atomic mass is 10.0. The van der Waals surface area contributed by atoms with E-state index in [1.54, 1.807) is 18.2 Å². The largest absolute Gasteiger partial charge is 0.356 e. The van der Waals surface area contributed by atoms with Gasteiger partial charge in [-0.15, -0.1) is 0 Å². The van der Waals surface area contributed by atoms with Gasteiger partial charge in [-0.25, -0.2) is 18.7 Å². The second-order valence-corrected chi connectivity index (χ2v) is 7.60. The number of aromatic nitrogens is 2. The van der Waals surface area contributed by atoms with Gasteiger partial charge in [-0.05, 0) is 31.0 Å². The summed E-state index contributed by atoms with van der Waals surface area (Å²) in [6.45, 7) is 1.14. The second kappa shape index (κ2) is 8.08. The van der Waals surface area contributed by atoms with E-state index >= 15 is 0 Å². The Labute approximate surface area is 175 Å². The summed E-state index contributed by atoms with van der Waals surface area (Å²) < 4.78 is 27.7. The first-order chi connectivity index (χ1) is 13.9. The van der Waals surface area contributed by atoms with Crippen molar-refractivity contribution in [2.45, 2.75) is 18.9 Å². The van der Waals surface area contributed by atoms with Gasteiger partial charge in [-0.1, -0.05) is 29.3 Å². The fraction of sp³-hybridized carbons (Fsp3) is 0.250. The van der Waals surface area contributed by atoms with Crippen molar-refractivity contribution in [2.75, 3.05) is 18.0 Å². The molecule has 2 aromatic carbocycles. The van der Waals surface area contributed by atoms with Crippen LogP contribution in [0.1, 0.15) is 23.2 Å². The molecule has 3 aromatic rings. The molecule has 1 aliphatic rings. The van der Waals surface area contributed by atoms with Gasteiger partial charge in [0, 0.05) is 30.6 Å². The molecule has 1 amide bonds. The number of amides is 1. The lowest BCUT2D eigenvalue weighted by Crippen LogP contribution is -2.45. The minimum absolute atomic E-state index is 0.0598. The Morgan fingerprint density at radius 3 is 2.66 bits per heavy atom. The van der Waals surface area contributed by atoms with E-state index in [9.17, 15) is 13.6 Å². The Morgan fingerprint density at radius 1 is 1.14 bits per heavy atom. The number of halogens is 4. The number of anilines is 1. The number of piperidine rings is 1. The van der Waals surface area contributed by atoms with Crippen LogP contribution in [0, 0.1) is 11.6 Å². The van der Waals surface area contributed by atoms with Gasteiger partial charge in [0.2, 0.25) is 0 Å². The van der Waals surface area contributed by atoms with Crippen LogP contribution in [0.25, 0.3) is 10.9 Å². The molecular weight excluding hydrogens is 421 g/mol. The van der Waals surface area contributed by atoms with Gasteiger partial charge in [0.1, 0.15) is 23.5 Å². The highest BCUT2D eigenvalue weighted by Gasteiger charge is 2.24. The van der Waals surface area contributed by atoms with Crippen LogP contribution in [0.3, 0.4) is 0 Å². The van der Waals surface area contributed by atoms with Crippen LogP contribution in [-0.2, 0) is 0 Å². The first-order valence-corrected chi connectivity index (χ1v) is 9.79. The fourth-order valence-electron chi connectivity index (χ4n) is 3.51. The predicted molar refractivity (Wildman–Crippen MR) is 109 cm³/mol. The number of carbonyl (C=O) groups excluding carboxylic acids is 1. The minimum Gasteiger partial charge on any atom is -0.356 e. The molecule has 2 heterocycles. The van der Waals surface area contributed by atoms with E-state index < -0.39 is 11.6 Å². The van der Waals surface area contributed by atoms with Crippen LogP contribution in [0.2, 0.25) is 10.0 Å². The number of hydrogen-bond acceptors (Lipinski definition) is 4. The van der Waals surface area contributed by atoms with Gasteiger partial charge in [0.05, 0.1) is 15.6 Å². The van der Waals surface area contributed by atoms with E-state index in [1.807, 2.05) is 4.90 Å². The maximum absolute atomic E-state index is 14.0. The van der Waals surface area contributed by atoms with Crippen LogP contribution in [0.5, 0.6) is 0 Å². The summed E-state index contributed by atoms with van der Waals surface area (Å²) in [4.78, 5) is 22.6. The molecule has 0 aliphatic carbocycles. The molecule has 5 nitrogen and oxygen atoms in total. The zero-order valence-electron chi connectivity index (χ0n) is 15.1. The number of carbonyl (C=O) groups is 1. The molecule has 0 spiro atoms. The highest BCUT2D eigenvalue weighted by molar-refractivity contribution is 6.43. The summed E-state index contributed by atoms with van der Waals surface area (Å²) in [5, 5.41) is 3.85. The van der Waals surface area contributed by atoms with Gasteiger partial charge < -0.3 is 10.2 Å². The third-order valence-corrected chi connectivity index (χ3v) is 5.78. The molecular formula is C20H16Cl2F2N4O. The number of benzene rings is 2. The molecule has 0 saturated carbocycles. The lowest BCUT2D eigenvalue weighted by Gasteiger charge is -2.33. The Morgan fingerprint density at radius 2 is 1.90 bits per heavy atom. The second-order valence-electron chi connectivity index (χ2n) is 6.82. The van der Waals surface area contributed by atoms with Crippen LogP contribution < -0.4 is 10.2 Å². The third kappa shape index (κ3) is 3.97. The molecule has 0 atom stereocenters. The molecule has 1 N–H and O–H groups in total. The molecule has 29 heavy (non-hydrogen) atoms. The fourth-order valence-corrected chi connectivity index (χ4v) is 3.89. The first kappa shape index (κ1) is 19.8. The van der Waals surface area contributed by atoms with Gasteiger partial charge in [-0.2, -0.15) is 0 Å². The lowest BCUT2D eigenvalue weighted by molar-refractivity contribution is 0.0931. The Bertz CT molecular complexity index is 1090. The van der Waals surface area contributed by atoms with E-state index in [0.29, 0.717) is 47.7 Å². The molecule has 0 bridgehead atoms. The number of rotatable bonds is 3. The Balaban J connectivity index is 1.47. The van der Waals surface area contributed by atoms with Gasteiger partial charge in [0.25, 0.3) is 5.91 Å². The first-order valence-electron chi connectivity index (χ1n) is 9.03. The molecule has 150 valence electrons. The average Bonchev–Trinajstić information content (AvgIpc) is 2.70. The van der Waals surface area contributed by atoms with Crippen molar-refractivity contribution in [3.05, 3.63) is 63.9 Å². The maximum Gasteiger partial charge on any atom is 0.253 e. The van der Waals surface area contributed by atoms with Crippen molar-refractivity contribution in [2.24, 2.45) is 0 Å². The van der Waals surface area contributed by atoms with Crippen LogP contribution in [0.15, 0.2) is 36.7 Å². The van der Waals surface area contributed by atoms with E-state index in [4.69, 9.17) is 23.2 Å². The molecule has 1 fully saturated rings. The zero-order chi connectivity index (χ0) is 20.5. The minimum atomic E-state index is -0.718. The summed E-state index contributed by atoms with van der Waals surface area (Å²) in [6.07, 6.45) is 2.56. The molecule has 0 radical (unpaired) electrons. The molecule has 1 aromatic heterocycles. The number of fused-ring (bicyclic) bond motifs is 1. The van der Waals surface area contributed by atoms with Crippen LogP contribution >= 0.6 is 23.2 Å². The molecule has 4 rings (SSSR count). The van der Waals surface area contributed by atoms with Crippen molar-refractivity contribution in [3.8, 4) is 0 Å². The van der Waals surface area contributed by atoms with Crippen molar-refractivity contribution < 1.29 is 13.6 Å². The molecule has 1 saturated heterocycles. The smallest absolute Gasteiger partial charge is 0.253 e. The normalized spacial score (nSPS) is 15.0. The SMILES string of the molecule is O=C(NC1CCN(c2ncnc3c(F)cc(F)cc23)CC1)c1cccc(Cl)c1Cl. The molecule has 0 unspecified atom stereocenters. The van der Waals surface area contributed by atoms with Gasteiger partial charge in [0.15, 0.2) is 5.82 Å². The Kier molecular flexibility index (Phi) is 5.52. The predicted octanol–water partition coefficient (Wildman–Crippen LogP) is 4.61. The Hall–Kier alpha value is -2.51. The highest BCUT2D eigenvalue weighted by Crippen LogP contribution is 2.29. The van der Waals surface area contributed by atoms with Gasteiger partial charge in [-0.3, -0.25) is 4.79 Å². The van der Waals surface area contributed by atoms with Gasteiger partial charge >= 0.3 is 0 Å². The number of hydrogen-bond donors (Lipinski definition) is 1. The van der Waals surface area contributed by atoms with E-state index in [2.05, 4.69) is 15.3 Å². The summed E-state index contributed by atoms with van der Waals surface area (Å²) >= 11 is 12.1. The van der Waals surface area contributed by atoms with E-state index in [-0.39, 0.29) is 22.5 Å². The average molecular weight is 437 g/mol. The van der Waals surface area contributed by atoms with Crippen molar-refractivity contribution >= 4 is 45.8 Å². The summed E-state index contributed by atoms with van der Waals surface area (Å²) in [5.41, 5.74) is 0.414. The summed E-state index contributed by atoms with van der Waals surface area (Å²) in [7, 11) is 0. The highest BCUT2D eigenvalue weighted by atomic mass is 35.5. The molecule has 1 aliphatic heterocycles. The van der Waals surface area contributed by atoms with E-state index in [0.717, 1.165) is 6.07 Å². The topological polar surface area (TPSA) is 58.1 Å². The molecule has 9 heteroatoms. The standard InChI is InChI=1S/C20H16Cl2F2N4O/c21-15-3-1-2-13(17(15)22)20(29)27-12-4-6-28(7-5-12)19-14-8-11(23)9-16(24)18(14)25-10-26-19/h1-3,8-10,12H,4-7H2,(H,27,29). The van der Waals surface area contributed by atoms with Crippen LogP contribution in [-0.4, -0.2) is 35.0 Å².